The predicted molar refractivity (Wildman–Crippen MR) is 164 cm³/mol. The van der Waals surface area contributed by atoms with Gasteiger partial charge in [0.05, 0.1) is 6.04 Å². The first kappa shape index (κ1) is 30.5. The van der Waals surface area contributed by atoms with Gasteiger partial charge in [-0.1, -0.05) is 87.9 Å². The van der Waals surface area contributed by atoms with E-state index in [1.54, 1.807) is 0 Å². The maximum Gasteiger partial charge on any atom is 0.331 e. The fourth-order valence-electron chi connectivity index (χ4n) is 6.74. The van der Waals surface area contributed by atoms with E-state index in [4.69, 9.17) is 4.74 Å². The van der Waals surface area contributed by atoms with E-state index < -0.39 is 41.7 Å². The molecular formula is C36H41FN2O4. The molecule has 2 aliphatic rings. The molecular weight excluding hydrogens is 543 g/mol. The third-order valence-corrected chi connectivity index (χ3v) is 9.16. The van der Waals surface area contributed by atoms with Gasteiger partial charge in [-0.05, 0) is 72.9 Å². The Kier molecular flexibility index (Phi) is 9.28. The van der Waals surface area contributed by atoms with Gasteiger partial charge >= 0.3 is 12.0 Å². The van der Waals surface area contributed by atoms with Crippen molar-refractivity contribution < 1.29 is 23.5 Å². The summed E-state index contributed by atoms with van der Waals surface area (Å²) in [4.78, 5) is 46.1. The average molecular weight is 585 g/mol. The van der Waals surface area contributed by atoms with Gasteiger partial charge in [0.15, 0.2) is 11.8 Å². The molecule has 6 unspecified atom stereocenters. The van der Waals surface area contributed by atoms with Gasteiger partial charge in [-0.25, -0.2) is 14.0 Å². The maximum atomic E-state index is 14.4. The number of hydrogen-bond donors (Lipinski definition) is 0. The molecule has 5 rings (SSSR count). The van der Waals surface area contributed by atoms with Crippen LogP contribution in [0, 0.1) is 23.6 Å². The molecule has 1 aliphatic heterocycles. The van der Waals surface area contributed by atoms with Crippen LogP contribution in [0.2, 0.25) is 0 Å². The lowest BCUT2D eigenvalue weighted by Gasteiger charge is -2.38. The fraction of sp³-hybridized carbons (Fsp3) is 0.417. The second-order valence-electron chi connectivity index (χ2n) is 12.5. The Morgan fingerprint density at radius 3 is 2.14 bits per heavy atom. The number of carbonyl (C=O) groups is 3. The number of esters is 1. The molecule has 6 atom stereocenters. The van der Waals surface area contributed by atoms with Crippen LogP contribution in [0.1, 0.15) is 74.5 Å². The van der Waals surface area contributed by atoms with Gasteiger partial charge < -0.3 is 14.5 Å². The normalized spacial score (nSPS) is 24.7. The zero-order valence-electron chi connectivity index (χ0n) is 25.4. The monoisotopic (exact) mass is 584 g/mol. The molecule has 7 heteroatoms. The van der Waals surface area contributed by atoms with E-state index in [-0.39, 0.29) is 24.1 Å². The van der Waals surface area contributed by atoms with Gasteiger partial charge in [-0.2, -0.15) is 0 Å². The highest BCUT2D eigenvalue weighted by molar-refractivity contribution is 6.07. The van der Waals surface area contributed by atoms with Crippen LogP contribution < -0.4 is 0 Å². The molecule has 2 fully saturated rings. The molecule has 0 aromatic heterocycles. The minimum Gasteiger partial charge on any atom is -0.460 e. The van der Waals surface area contributed by atoms with Crippen molar-refractivity contribution in [2.24, 2.45) is 17.8 Å². The molecule has 0 spiro atoms. The summed E-state index contributed by atoms with van der Waals surface area (Å²) in [5.41, 5.74) is 1.90. The molecule has 0 N–H and O–H groups in total. The number of urea groups is 1. The lowest BCUT2D eigenvalue weighted by molar-refractivity contribution is -0.161. The van der Waals surface area contributed by atoms with Crippen LogP contribution >= 0.6 is 0 Å². The highest BCUT2D eigenvalue weighted by Gasteiger charge is 2.55. The molecule has 6 nitrogen and oxygen atoms in total. The Morgan fingerprint density at radius 1 is 0.884 bits per heavy atom. The van der Waals surface area contributed by atoms with Crippen molar-refractivity contribution >= 4 is 17.8 Å². The molecule has 226 valence electrons. The summed E-state index contributed by atoms with van der Waals surface area (Å²) in [6.45, 7) is 8.47. The van der Waals surface area contributed by atoms with Crippen molar-refractivity contribution in [2.75, 3.05) is 0 Å². The molecule has 3 aromatic carbocycles. The van der Waals surface area contributed by atoms with E-state index in [1.807, 2.05) is 67.6 Å². The van der Waals surface area contributed by atoms with Gasteiger partial charge in [0.25, 0.3) is 0 Å². The Labute approximate surface area is 253 Å². The van der Waals surface area contributed by atoms with Crippen molar-refractivity contribution in [2.45, 2.75) is 77.7 Å². The van der Waals surface area contributed by atoms with Crippen molar-refractivity contribution in [3.63, 3.8) is 0 Å². The molecule has 3 aromatic rings. The van der Waals surface area contributed by atoms with Crippen LogP contribution in [0.3, 0.4) is 0 Å². The minimum atomic E-state index is -1.19. The Balaban J connectivity index is 1.59. The molecule has 2 amide bonds. The van der Waals surface area contributed by atoms with E-state index in [9.17, 15) is 18.8 Å². The zero-order chi connectivity index (χ0) is 30.7. The SMILES string of the molecule is CC1CCC(C(C)C)C(OC(=O)C2C(C(=O)c3ccc(F)cc3)N(Cc3ccccc3)C(=O)N2C(C)c2ccccc2)C1. The minimum absolute atomic E-state index is 0.133. The summed E-state index contributed by atoms with van der Waals surface area (Å²) in [7, 11) is 0. The largest absolute Gasteiger partial charge is 0.460 e. The lowest BCUT2D eigenvalue weighted by atomic mass is 9.75. The number of amides is 2. The second kappa shape index (κ2) is 13.1. The number of ether oxygens (including phenoxy) is 1. The Hall–Kier alpha value is -4.00. The number of rotatable bonds is 9. The molecule has 0 radical (unpaired) electrons. The van der Waals surface area contributed by atoms with E-state index in [0.717, 1.165) is 30.4 Å². The molecule has 0 bridgehead atoms. The van der Waals surface area contributed by atoms with Crippen LogP contribution in [0.25, 0.3) is 0 Å². The van der Waals surface area contributed by atoms with E-state index in [1.165, 1.54) is 34.1 Å². The summed E-state index contributed by atoms with van der Waals surface area (Å²) in [6.07, 6.45) is 2.48. The van der Waals surface area contributed by atoms with Gasteiger partial charge in [0.2, 0.25) is 0 Å². The summed E-state index contributed by atoms with van der Waals surface area (Å²) in [6, 6.07) is 20.9. The first-order valence-electron chi connectivity index (χ1n) is 15.3. The standard InChI is InChI=1S/C36H41FN2O4/c1-23(2)30-20-15-24(3)21-31(30)43-35(41)33-32(34(40)28-16-18-29(37)19-17-28)38(22-26-11-7-5-8-12-26)36(42)39(33)25(4)27-13-9-6-10-14-27/h5-14,16-19,23-25,30-33H,15,20-22H2,1-4H3. The maximum absolute atomic E-state index is 14.4. The lowest BCUT2D eigenvalue weighted by Crippen LogP contribution is -2.51. The average Bonchev–Trinajstić information content (AvgIpc) is 3.29. The Bertz CT molecular complexity index is 1410. The van der Waals surface area contributed by atoms with Gasteiger partial charge in [0, 0.05) is 12.1 Å². The summed E-state index contributed by atoms with van der Waals surface area (Å²) >= 11 is 0. The van der Waals surface area contributed by atoms with E-state index in [0.29, 0.717) is 11.8 Å². The van der Waals surface area contributed by atoms with Gasteiger partial charge in [0.1, 0.15) is 18.0 Å². The second-order valence-corrected chi connectivity index (χ2v) is 12.5. The highest BCUT2D eigenvalue weighted by Crippen LogP contribution is 2.39. The molecule has 1 saturated carbocycles. The van der Waals surface area contributed by atoms with E-state index in [2.05, 4.69) is 20.8 Å². The highest BCUT2D eigenvalue weighted by atomic mass is 19.1. The van der Waals surface area contributed by atoms with Crippen LogP contribution in [-0.2, 0) is 16.1 Å². The number of benzene rings is 3. The summed E-state index contributed by atoms with van der Waals surface area (Å²) < 4.78 is 20.2. The predicted octanol–water partition coefficient (Wildman–Crippen LogP) is 7.45. The van der Waals surface area contributed by atoms with Crippen molar-refractivity contribution in [1.82, 2.24) is 9.80 Å². The third-order valence-electron chi connectivity index (χ3n) is 9.16. The van der Waals surface area contributed by atoms with Crippen LogP contribution in [0.15, 0.2) is 84.9 Å². The smallest absolute Gasteiger partial charge is 0.331 e. The van der Waals surface area contributed by atoms with E-state index >= 15 is 0 Å². The molecule has 1 heterocycles. The number of carbonyl (C=O) groups excluding carboxylic acids is 3. The van der Waals surface area contributed by atoms with Gasteiger partial charge in [-0.3, -0.25) is 4.79 Å². The summed E-state index contributed by atoms with van der Waals surface area (Å²) in [5.74, 6) is -0.543. The third kappa shape index (κ3) is 6.51. The molecule has 1 saturated heterocycles. The number of ketones is 1. The first-order chi connectivity index (χ1) is 20.7. The van der Waals surface area contributed by atoms with Gasteiger partial charge in [-0.15, -0.1) is 0 Å². The van der Waals surface area contributed by atoms with Crippen LogP contribution in [0.5, 0.6) is 0 Å². The molecule has 1 aliphatic carbocycles. The van der Waals surface area contributed by atoms with Crippen LogP contribution in [0.4, 0.5) is 9.18 Å². The number of nitrogens with zero attached hydrogens (tertiary/aromatic N) is 2. The van der Waals surface area contributed by atoms with Crippen LogP contribution in [-0.4, -0.2) is 45.8 Å². The zero-order valence-corrected chi connectivity index (χ0v) is 25.4. The Morgan fingerprint density at radius 2 is 1.51 bits per heavy atom. The number of halogens is 1. The number of Topliss-reactive ketones (excluding diaryl/α,β-unsaturated/α-hetero) is 1. The first-order valence-corrected chi connectivity index (χ1v) is 15.3. The molecule has 43 heavy (non-hydrogen) atoms. The van der Waals surface area contributed by atoms with Crippen molar-refractivity contribution in [1.29, 1.82) is 0 Å². The fourth-order valence-corrected chi connectivity index (χ4v) is 6.74. The van der Waals surface area contributed by atoms with Crippen molar-refractivity contribution in [3.05, 3.63) is 107 Å². The summed E-state index contributed by atoms with van der Waals surface area (Å²) in [5, 5.41) is 0. The quantitative estimate of drug-likeness (QED) is 0.194. The number of hydrogen-bond acceptors (Lipinski definition) is 4. The topological polar surface area (TPSA) is 66.9 Å². The van der Waals surface area contributed by atoms with Crippen molar-refractivity contribution in [3.8, 4) is 0 Å².